The number of aromatic carboxylic acids is 2. The lowest BCUT2D eigenvalue weighted by Gasteiger charge is -2.51. The molecule has 0 amide bonds. The summed E-state index contributed by atoms with van der Waals surface area (Å²) >= 11 is 0. The lowest BCUT2D eigenvalue weighted by Crippen LogP contribution is -2.50. The van der Waals surface area contributed by atoms with Gasteiger partial charge in [0.2, 0.25) is 0 Å². The molecule has 0 aliphatic heterocycles. The Morgan fingerprint density at radius 1 is 0.576 bits per heavy atom. The highest BCUT2D eigenvalue weighted by atomic mass is 16.4. The van der Waals surface area contributed by atoms with Gasteiger partial charge in [-0.1, -0.05) is 54.6 Å². The van der Waals surface area contributed by atoms with Crippen molar-refractivity contribution >= 4 is 23.5 Å². The van der Waals surface area contributed by atoms with E-state index in [1.54, 1.807) is 12.1 Å². The van der Waals surface area contributed by atoms with Gasteiger partial charge in [0.15, 0.2) is 5.78 Å². The predicted octanol–water partition coefficient (Wildman–Crippen LogP) is 4.67. The third-order valence-electron chi connectivity index (χ3n) is 6.46. The van der Waals surface area contributed by atoms with Crippen LogP contribution in [0.1, 0.15) is 61.0 Å². The van der Waals surface area contributed by atoms with Gasteiger partial charge in [0.05, 0.1) is 11.1 Å². The third kappa shape index (κ3) is 4.07. The number of rotatable bonds is 7. The van der Waals surface area contributed by atoms with Gasteiger partial charge in [0, 0.05) is 29.2 Å². The second-order valence-corrected chi connectivity index (χ2v) is 8.30. The molecule has 4 atom stereocenters. The van der Waals surface area contributed by atoms with Crippen LogP contribution in [0.2, 0.25) is 0 Å². The quantitative estimate of drug-likeness (QED) is 0.515. The van der Waals surface area contributed by atoms with Crippen LogP contribution in [-0.4, -0.2) is 33.7 Å². The molecule has 0 saturated heterocycles. The Morgan fingerprint density at radius 3 is 1.48 bits per heavy atom. The number of carbonyl (C=O) groups is 4. The molecule has 1 aliphatic carbocycles. The summed E-state index contributed by atoms with van der Waals surface area (Å²) in [6, 6.07) is 21.7. The molecule has 0 aromatic heterocycles. The summed E-state index contributed by atoms with van der Waals surface area (Å²) in [7, 11) is 0. The molecule has 4 rings (SSSR count). The van der Waals surface area contributed by atoms with Crippen molar-refractivity contribution in [1.82, 2.24) is 0 Å². The van der Waals surface area contributed by atoms with Gasteiger partial charge in [0.1, 0.15) is 5.78 Å². The smallest absolute Gasteiger partial charge is 0.335 e. The number of benzene rings is 3. The largest absolute Gasteiger partial charge is 0.478 e. The highest BCUT2D eigenvalue weighted by Crippen LogP contribution is 2.59. The van der Waals surface area contributed by atoms with Gasteiger partial charge in [-0.2, -0.15) is 0 Å². The second kappa shape index (κ2) is 8.82. The number of carboxylic acids is 2. The van der Waals surface area contributed by atoms with E-state index >= 15 is 0 Å². The van der Waals surface area contributed by atoms with E-state index in [1.165, 1.54) is 43.3 Å². The summed E-state index contributed by atoms with van der Waals surface area (Å²) in [4.78, 5) is 48.7. The first-order valence-electron chi connectivity index (χ1n) is 10.6. The second-order valence-electron chi connectivity index (χ2n) is 8.30. The minimum absolute atomic E-state index is 0.0827. The SMILES string of the molecule is CC(=O)C1C(C(=O)c2ccc(C(=O)O)cc2)C(c2ccccc2)C1c1ccc(C(=O)O)cc1. The van der Waals surface area contributed by atoms with Crippen LogP contribution in [0, 0.1) is 11.8 Å². The van der Waals surface area contributed by atoms with E-state index in [2.05, 4.69) is 0 Å². The van der Waals surface area contributed by atoms with Crippen molar-refractivity contribution in [2.45, 2.75) is 18.8 Å². The number of carbonyl (C=O) groups excluding carboxylic acids is 2. The molecular formula is C27H22O6. The molecule has 1 saturated carbocycles. The summed E-state index contributed by atoms with van der Waals surface area (Å²) < 4.78 is 0. The molecule has 6 heteroatoms. The van der Waals surface area contributed by atoms with Crippen molar-refractivity contribution in [1.29, 1.82) is 0 Å². The maximum absolute atomic E-state index is 13.5. The Kier molecular flexibility index (Phi) is 5.92. The van der Waals surface area contributed by atoms with Crippen LogP contribution in [0.4, 0.5) is 0 Å². The molecule has 33 heavy (non-hydrogen) atoms. The first-order valence-corrected chi connectivity index (χ1v) is 10.6. The van der Waals surface area contributed by atoms with E-state index in [0.29, 0.717) is 5.56 Å². The van der Waals surface area contributed by atoms with Crippen LogP contribution in [0.3, 0.4) is 0 Å². The zero-order valence-corrected chi connectivity index (χ0v) is 17.8. The first-order chi connectivity index (χ1) is 15.8. The molecule has 1 fully saturated rings. The minimum Gasteiger partial charge on any atom is -0.478 e. The summed E-state index contributed by atoms with van der Waals surface area (Å²) in [5.74, 6) is -4.17. The zero-order valence-electron chi connectivity index (χ0n) is 17.8. The molecule has 1 aliphatic rings. The van der Waals surface area contributed by atoms with Crippen LogP contribution < -0.4 is 0 Å². The molecule has 0 radical (unpaired) electrons. The monoisotopic (exact) mass is 442 g/mol. The lowest BCUT2D eigenvalue weighted by atomic mass is 9.50. The van der Waals surface area contributed by atoms with Gasteiger partial charge in [-0.3, -0.25) is 9.59 Å². The van der Waals surface area contributed by atoms with Crippen LogP contribution in [0.5, 0.6) is 0 Å². The fraction of sp³-hybridized carbons (Fsp3) is 0.185. The van der Waals surface area contributed by atoms with Crippen molar-refractivity contribution in [3.05, 3.63) is 107 Å². The Bertz CT molecular complexity index is 1210. The van der Waals surface area contributed by atoms with E-state index in [-0.39, 0.29) is 34.5 Å². The summed E-state index contributed by atoms with van der Waals surface area (Å²) in [5, 5.41) is 18.3. The van der Waals surface area contributed by atoms with Crippen molar-refractivity contribution in [3.8, 4) is 0 Å². The van der Waals surface area contributed by atoms with Crippen LogP contribution >= 0.6 is 0 Å². The van der Waals surface area contributed by atoms with Crippen molar-refractivity contribution in [2.24, 2.45) is 11.8 Å². The van der Waals surface area contributed by atoms with Crippen molar-refractivity contribution < 1.29 is 29.4 Å². The van der Waals surface area contributed by atoms with Gasteiger partial charge in [-0.05, 0) is 42.3 Å². The fourth-order valence-electron chi connectivity index (χ4n) is 4.90. The maximum Gasteiger partial charge on any atom is 0.335 e. The fourth-order valence-corrected chi connectivity index (χ4v) is 4.90. The molecule has 0 bridgehead atoms. The average molecular weight is 442 g/mol. The molecule has 6 nitrogen and oxygen atoms in total. The molecule has 4 unspecified atom stereocenters. The maximum atomic E-state index is 13.5. The zero-order chi connectivity index (χ0) is 23.7. The first kappa shape index (κ1) is 22.1. The number of Topliss-reactive ketones (excluding diaryl/α,β-unsaturated/α-hetero) is 2. The van der Waals surface area contributed by atoms with E-state index in [9.17, 15) is 24.3 Å². The van der Waals surface area contributed by atoms with E-state index in [1.807, 2.05) is 30.3 Å². The summed E-state index contributed by atoms with van der Waals surface area (Å²) in [5.41, 5.74) is 2.32. The molecule has 0 heterocycles. The summed E-state index contributed by atoms with van der Waals surface area (Å²) in [6.07, 6.45) is 0. The van der Waals surface area contributed by atoms with Crippen LogP contribution in [0.25, 0.3) is 0 Å². The van der Waals surface area contributed by atoms with E-state index in [0.717, 1.165) is 11.1 Å². The number of hydrogen-bond acceptors (Lipinski definition) is 4. The molecule has 166 valence electrons. The highest BCUT2D eigenvalue weighted by molar-refractivity contribution is 6.03. The highest BCUT2D eigenvalue weighted by Gasteiger charge is 2.56. The van der Waals surface area contributed by atoms with E-state index < -0.39 is 23.8 Å². The molecule has 3 aromatic carbocycles. The number of carboxylic acid groups (broad SMARTS) is 2. The van der Waals surface area contributed by atoms with Gasteiger partial charge in [0.25, 0.3) is 0 Å². The minimum atomic E-state index is -1.08. The molecule has 2 N–H and O–H groups in total. The van der Waals surface area contributed by atoms with E-state index in [4.69, 9.17) is 5.11 Å². The van der Waals surface area contributed by atoms with Crippen molar-refractivity contribution in [2.75, 3.05) is 0 Å². The van der Waals surface area contributed by atoms with Gasteiger partial charge in [-0.15, -0.1) is 0 Å². The Hall–Kier alpha value is -4.06. The van der Waals surface area contributed by atoms with Crippen molar-refractivity contribution in [3.63, 3.8) is 0 Å². The van der Waals surface area contributed by atoms with Crippen LogP contribution in [0.15, 0.2) is 78.9 Å². The Labute approximate surface area is 190 Å². The summed E-state index contributed by atoms with van der Waals surface area (Å²) in [6.45, 7) is 1.47. The normalized spacial score (nSPS) is 21.6. The van der Waals surface area contributed by atoms with Gasteiger partial charge in [-0.25, -0.2) is 9.59 Å². The van der Waals surface area contributed by atoms with Gasteiger partial charge < -0.3 is 10.2 Å². The predicted molar refractivity (Wildman–Crippen MR) is 121 cm³/mol. The molecule has 0 spiro atoms. The third-order valence-corrected chi connectivity index (χ3v) is 6.46. The number of hydrogen-bond donors (Lipinski definition) is 2. The molecular weight excluding hydrogens is 420 g/mol. The Morgan fingerprint density at radius 2 is 1.00 bits per heavy atom. The average Bonchev–Trinajstić information content (AvgIpc) is 2.79. The lowest BCUT2D eigenvalue weighted by molar-refractivity contribution is -0.127. The molecule has 3 aromatic rings. The Balaban J connectivity index is 1.76. The van der Waals surface area contributed by atoms with Gasteiger partial charge >= 0.3 is 11.9 Å². The topological polar surface area (TPSA) is 109 Å². The van der Waals surface area contributed by atoms with Crippen LogP contribution in [-0.2, 0) is 4.79 Å². The standard InChI is InChI=1S/C27H22O6/c1-15(28)21-22(17-7-11-19(12-8-17)26(30)31)23(16-5-3-2-4-6-16)24(21)25(29)18-9-13-20(14-10-18)27(32)33/h2-14,21-24H,1H3,(H,30,31)(H,32,33). The number of ketones is 2.